The van der Waals surface area contributed by atoms with Crippen LogP contribution < -0.4 is 0 Å². The largest absolute Gasteiger partial charge is 0.416 e. The van der Waals surface area contributed by atoms with E-state index in [1.807, 2.05) is 0 Å². The highest BCUT2D eigenvalue weighted by Gasteiger charge is 2.30. The average molecular weight is 210 g/mol. The van der Waals surface area contributed by atoms with Gasteiger partial charge in [0.1, 0.15) is 0 Å². The van der Waals surface area contributed by atoms with Crippen molar-refractivity contribution >= 4 is 11.1 Å². The molecular formula is C7H5F3O2S. The zero-order valence-electron chi connectivity index (χ0n) is 6.21. The van der Waals surface area contributed by atoms with Crippen molar-refractivity contribution in [1.29, 1.82) is 0 Å². The van der Waals surface area contributed by atoms with Crippen LogP contribution >= 0.6 is 0 Å². The summed E-state index contributed by atoms with van der Waals surface area (Å²) in [5.41, 5.74) is -0.832. The molecule has 1 N–H and O–H groups in total. The minimum atomic E-state index is -4.41. The normalized spacial score (nSPS) is 14.2. The van der Waals surface area contributed by atoms with Gasteiger partial charge >= 0.3 is 6.18 Å². The number of alkyl halides is 3. The summed E-state index contributed by atoms with van der Waals surface area (Å²) < 4.78 is 54.8. The zero-order valence-corrected chi connectivity index (χ0v) is 7.02. The van der Waals surface area contributed by atoms with E-state index in [1.165, 1.54) is 0 Å². The molecule has 0 heterocycles. The second kappa shape index (κ2) is 3.47. The van der Waals surface area contributed by atoms with E-state index in [0.717, 1.165) is 24.3 Å². The van der Waals surface area contributed by atoms with Crippen LogP contribution in [0.4, 0.5) is 13.2 Å². The first-order valence-electron chi connectivity index (χ1n) is 3.19. The van der Waals surface area contributed by atoms with Crippen LogP contribution in [0.2, 0.25) is 0 Å². The highest BCUT2D eigenvalue weighted by molar-refractivity contribution is 7.79. The Bertz CT molecular complexity index is 318. The molecule has 0 radical (unpaired) electrons. The van der Waals surface area contributed by atoms with E-state index in [9.17, 15) is 17.4 Å². The Balaban J connectivity index is 3.01. The first kappa shape index (κ1) is 10.2. The summed E-state index contributed by atoms with van der Waals surface area (Å²) in [7, 11) is 0. The third-order valence-corrected chi connectivity index (χ3v) is 2.06. The maximum atomic E-state index is 12.0. The maximum absolute atomic E-state index is 12.0. The van der Waals surface area contributed by atoms with E-state index in [-0.39, 0.29) is 4.90 Å². The monoisotopic (exact) mass is 210 g/mol. The van der Waals surface area contributed by atoms with Crippen LogP contribution in [0.15, 0.2) is 29.2 Å². The van der Waals surface area contributed by atoms with Crippen LogP contribution in [0.25, 0.3) is 0 Å². The van der Waals surface area contributed by atoms with Crippen molar-refractivity contribution in [3.05, 3.63) is 29.8 Å². The predicted molar refractivity (Wildman–Crippen MR) is 40.5 cm³/mol. The second-order valence-corrected chi connectivity index (χ2v) is 3.24. The summed E-state index contributed by atoms with van der Waals surface area (Å²) in [6.07, 6.45) is -4.41. The molecule has 0 spiro atoms. The molecule has 1 aromatic rings. The van der Waals surface area contributed by atoms with Crippen LogP contribution in [0.3, 0.4) is 0 Å². The van der Waals surface area contributed by atoms with Gasteiger partial charge in [0.25, 0.3) is 0 Å². The van der Waals surface area contributed by atoms with Gasteiger partial charge in [0.05, 0.1) is 10.5 Å². The van der Waals surface area contributed by atoms with Crippen LogP contribution in [-0.4, -0.2) is 8.76 Å². The van der Waals surface area contributed by atoms with Gasteiger partial charge in [0.2, 0.25) is 0 Å². The average Bonchev–Trinajstić information content (AvgIpc) is 2.03. The molecule has 1 rings (SSSR count). The molecule has 0 aliphatic carbocycles. The van der Waals surface area contributed by atoms with Gasteiger partial charge in [-0.3, -0.25) is 0 Å². The summed E-state index contributed by atoms with van der Waals surface area (Å²) in [6.45, 7) is 0. The summed E-state index contributed by atoms with van der Waals surface area (Å²) in [5.74, 6) is 0. The number of halogens is 3. The van der Waals surface area contributed by atoms with Crippen molar-refractivity contribution in [2.45, 2.75) is 11.1 Å². The lowest BCUT2D eigenvalue weighted by atomic mass is 10.2. The molecule has 1 atom stereocenters. The molecule has 0 bridgehead atoms. The van der Waals surface area contributed by atoms with Gasteiger partial charge in [-0.2, -0.15) is 13.2 Å². The molecule has 13 heavy (non-hydrogen) atoms. The van der Waals surface area contributed by atoms with Gasteiger partial charge in [-0.05, 0) is 24.3 Å². The van der Waals surface area contributed by atoms with Crippen LogP contribution in [0, 0.1) is 0 Å². The minimum absolute atomic E-state index is 0.0481. The van der Waals surface area contributed by atoms with Gasteiger partial charge in [0, 0.05) is 0 Å². The third kappa shape index (κ3) is 2.53. The molecule has 1 aromatic carbocycles. The lowest BCUT2D eigenvalue weighted by Gasteiger charge is -2.05. The van der Waals surface area contributed by atoms with Gasteiger partial charge in [-0.1, -0.05) is 0 Å². The highest BCUT2D eigenvalue weighted by Crippen LogP contribution is 2.29. The Morgan fingerprint density at radius 3 is 1.92 bits per heavy atom. The van der Waals surface area contributed by atoms with Crippen molar-refractivity contribution in [3.63, 3.8) is 0 Å². The number of benzene rings is 1. The zero-order chi connectivity index (χ0) is 10.1. The molecule has 0 aromatic heterocycles. The molecule has 0 aliphatic rings. The van der Waals surface area contributed by atoms with Crippen LogP contribution in [0.1, 0.15) is 5.56 Å². The van der Waals surface area contributed by atoms with Crippen LogP contribution in [-0.2, 0) is 17.3 Å². The number of hydrogen-bond acceptors (Lipinski definition) is 1. The van der Waals surface area contributed by atoms with E-state index >= 15 is 0 Å². The lowest BCUT2D eigenvalue weighted by Crippen LogP contribution is -2.04. The van der Waals surface area contributed by atoms with Crippen molar-refractivity contribution in [1.82, 2.24) is 0 Å². The molecule has 1 unspecified atom stereocenters. The van der Waals surface area contributed by atoms with Gasteiger partial charge in [-0.15, -0.1) is 0 Å². The molecule has 0 amide bonds. The molecule has 0 fully saturated rings. The van der Waals surface area contributed by atoms with E-state index in [4.69, 9.17) is 4.55 Å². The molecule has 6 heteroatoms. The van der Waals surface area contributed by atoms with Crippen molar-refractivity contribution in [2.24, 2.45) is 0 Å². The molecule has 0 saturated heterocycles. The van der Waals surface area contributed by atoms with Crippen molar-refractivity contribution in [3.8, 4) is 0 Å². The van der Waals surface area contributed by atoms with Gasteiger partial charge < -0.3 is 4.55 Å². The summed E-state index contributed by atoms with van der Waals surface area (Å²) in [4.78, 5) is -0.0481. The first-order chi connectivity index (χ1) is 5.91. The quantitative estimate of drug-likeness (QED) is 0.722. The van der Waals surface area contributed by atoms with E-state index in [0.29, 0.717) is 0 Å². The molecule has 0 aliphatic heterocycles. The Hall–Kier alpha value is -0.880. The van der Waals surface area contributed by atoms with E-state index in [2.05, 4.69) is 0 Å². The second-order valence-electron chi connectivity index (χ2n) is 2.27. The fraction of sp³-hybridized carbons (Fsp3) is 0.143. The standard InChI is InChI=1S/C7H5F3O2S/c8-7(9,10)5-1-3-6(4-2-5)13(11)12/h1-4H,(H,11,12). The lowest BCUT2D eigenvalue weighted by molar-refractivity contribution is -0.137. The molecular weight excluding hydrogens is 205 g/mol. The third-order valence-electron chi connectivity index (χ3n) is 1.38. The summed E-state index contributed by atoms with van der Waals surface area (Å²) in [5, 5.41) is 0. The number of rotatable bonds is 1. The summed E-state index contributed by atoms with van der Waals surface area (Å²) >= 11 is -2.23. The predicted octanol–water partition coefficient (Wildman–Crippen LogP) is 2.29. The summed E-state index contributed by atoms with van der Waals surface area (Å²) in [6, 6.07) is 3.48. The SMILES string of the molecule is O=S(O)c1ccc(C(F)(F)F)cc1. The van der Waals surface area contributed by atoms with E-state index in [1.54, 1.807) is 0 Å². The molecule has 0 saturated carbocycles. The Morgan fingerprint density at radius 2 is 1.62 bits per heavy atom. The van der Waals surface area contributed by atoms with Gasteiger partial charge in [-0.25, -0.2) is 4.21 Å². The fourth-order valence-electron chi connectivity index (χ4n) is 0.760. The highest BCUT2D eigenvalue weighted by atomic mass is 32.2. The minimum Gasteiger partial charge on any atom is -0.302 e. The fourth-order valence-corrected chi connectivity index (χ4v) is 1.13. The van der Waals surface area contributed by atoms with Crippen LogP contribution in [0.5, 0.6) is 0 Å². The Kier molecular flexibility index (Phi) is 2.72. The van der Waals surface area contributed by atoms with Crippen molar-refractivity contribution in [2.75, 3.05) is 0 Å². The Morgan fingerprint density at radius 1 is 1.15 bits per heavy atom. The maximum Gasteiger partial charge on any atom is 0.416 e. The van der Waals surface area contributed by atoms with Gasteiger partial charge in [0.15, 0.2) is 11.1 Å². The topological polar surface area (TPSA) is 37.3 Å². The van der Waals surface area contributed by atoms with Crippen molar-refractivity contribution < 1.29 is 21.9 Å². The first-order valence-corrected chi connectivity index (χ1v) is 4.30. The molecule has 72 valence electrons. The molecule has 2 nitrogen and oxygen atoms in total. The Labute approximate surface area is 74.7 Å². The number of hydrogen-bond donors (Lipinski definition) is 1. The van der Waals surface area contributed by atoms with E-state index < -0.39 is 22.8 Å². The smallest absolute Gasteiger partial charge is 0.302 e.